The van der Waals surface area contributed by atoms with Gasteiger partial charge in [-0.25, -0.2) is 4.79 Å². The minimum absolute atomic E-state index is 0.00415. The Hall–Kier alpha value is -3.55. The van der Waals surface area contributed by atoms with Gasteiger partial charge in [-0.05, 0) is 65.9 Å². The second-order valence-electron chi connectivity index (χ2n) is 8.07. The van der Waals surface area contributed by atoms with E-state index in [9.17, 15) is 15.0 Å². The molecule has 4 rings (SSSR count). The number of aromatic hydroxyl groups is 1. The fourth-order valence-corrected chi connectivity index (χ4v) is 3.81. The SMILES string of the molecule is O=C(O)c1ccc(-c2ccc3c(c2)CC[C@H](CNC[C@H](O)COc2ccccc2O)O3)cc1. The number of ether oxygens (including phenoxy) is 2. The molecule has 0 saturated carbocycles. The number of aryl methyl sites for hydroxylation is 1. The molecule has 1 heterocycles. The maximum Gasteiger partial charge on any atom is 0.335 e. The van der Waals surface area contributed by atoms with Gasteiger partial charge in [0, 0.05) is 13.1 Å². The molecule has 0 unspecified atom stereocenters. The number of hydrogen-bond donors (Lipinski definition) is 4. The number of fused-ring (bicyclic) bond motifs is 1. The van der Waals surface area contributed by atoms with Crippen LogP contribution in [0, 0.1) is 0 Å². The molecule has 0 radical (unpaired) electrons. The standard InChI is InChI=1S/C26H27NO6/c28-21(16-32-25-4-2-1-3-23(25)29)14-27-15-22-11-9-20-13-19(10-12-24(20)33-22)17-5-7-18(8-6-17)26(30)31/h1-8,10,12-13,21-22,27-29H,9,11,14-16H2,(H,30,31)/t21-,22+/m0/s1. The number of hydrogen-bond acceptors (Lipinski definition) is 6. The highest BCUT2D eigenvalue weighted by molar-refractivity contribution is 5.88. The van der Waals surface area contributed by atoms with E-state index >= 15 is 0 Å². The maximum absolute atomic E-state index is 11.0. The zero-order chi connectivity index (χ0) is 23.2. The first kappa shape index (κ1) is 22.6. The third-order valence-electron chi connectivity index (χ3n) is 5.60. The van der Waals surface area contributed by atoms with Gasteiger partial charge in [0.1, 0.15) is 24.6 Å². The molecule has 0 amide bonds. The normalized spacial score (nSPS) is 15.8. The van der Waals surface area contributed by atoms with Gasteiger partial charge in [-0.3, -0.25) is 0 Å². The van der Waals surface area contributed by atoms with Gasteiger partial charge in [-0.1, -0.05) is 30.3 Å². The molecule has 1 aliphatic heterocycles. The van der Waals surface area contributed by atoms with Gasteiger partial charge in [0.2, 0.25) is 0 Å². The zero-order valence-electron chi connectivity index (χ0n) is 18.1. The minimum Gasteiger partial charge on any atom is -0.504 e. The van der Waals surface area contributed by atoms with E-state index in [2.05, 4.69) is 11.4 Å². The Morgan fingerprint density at radius 2 is 1.85 bits per heavy atom. The van der Waals surface area contributed by atoms with Gasteiger partial charge in [0.05, 0.1) is 5.56 Å². The molecule has 33 heavy (non-hydrogen) atoms. The first-order valence-corrected chi connectivity index (χ1v) is 10.9. The topological polar surface area (TPSA) is 108 Å². The summed E-state index contributed by atoms with van der Waals surface area (Å²) < 4.78 is 11.6. The molecule has 0 bridgehead atoms. The highest BCUT2D eigenvalue weighted by Crippen LogP contribution is 2.32. The van der Waals surface area contributed by atoms with Crippen LogP contribution in [-0.4, -0.2) is 53.2 Å². The van der Waals surface area contributed by atoms with Gasteiger partial charge >= 0.3 is 5.97 Å². The molecule has 0 aromatic heterocycles. The van der Waals surface area contributed by atoms with Gasteiger partial charge in [0.15, 0.2) is 11.5 Å². The number of para-hydroxylation sites is 2. The molecule has 3 aromatic carbocycles. The number of rotatable bonds is 9. The van der Waals surface area contributed by atoms with Crippen molar-refractivity contribution in [1.82, 2.24) is 5.32 Å². The smallest absolute Gasteiger partial charge is 0.335 e. The Balaban J connectivity index is 1.25. The number of carboxylic acid groups (broad SMARTS) is 1. The van der Waals surface area contributed by atoms with E-state index in [-0.39, 0.29) is 24.0 Å². The molecule has 172 valence electrons. The number of carboxylic acids is 1. The Morgan fingerprint density at radius 3 is 2.61 bits per heavy atom. The summed E-state index contributed by atoms with van der Waals surface area (Å²) in [6, 6.07) is 19.5. The Kier molecular flexibility index (Phi) is 7.12. The van der Waals surface area contributed by atoms with Crippen molar-refractivity contribution in [2.45, 2.75) is 25.0 Å². The Labute approximate surface area is 192 Å². The van der Waals surface area contributed by atoms with Crippen LogP contribution in [0.2, 0.25) is 0 Å². The molecule has 2 atom stereocenters. The predicted molar refractivity (Wildman–Crippen MR) is 124 cm³/mol. The summed E-state index contributed by atoms with van der Waals surface area (Å²) in [7, 11) is 0. The molecular weight excluding hydrogens is 422 g/mol. The fourth-order valence-electron chi connectivity index (χ4n) is 3.81. The summed E-state index contributed by atoms with van der Waals surface area (Å²) in [6.45, 7) is 1.03. The summed E-state index contributed by atoms with van der Waals surface area (Å²) in [6.07, 6.45) is 1.02. The largest absolute Gasteiger partial charge is 0.504 e. The lowest BCUT2D eigenvalue weighted by Gasteiger charge is -2.27. The van der Waals surface area contributed by atoms with Crippen molar-refractivity contribution in [3.05, 3.63) is 77.9 Å². The molecule has 7 nitrogen and oxygen atoms in total. The Morgan fingerprint density at radius 1 is 1.09 bits per heavy atom. The van der Waals surface area contributed by atoms with Crippen molar-refractivity contribution >= 4 is 5.97 Å². The predicted octanol–water partition coefficient (Wildman–Crippen LogP) is 3.48. The van der Waals surface area contributed by atoms with Crippen molar-refractivity contribution in [2.75, 3.05) is 19.7 Å². The van der Waals surface area contributed by atoms with Crippen molar-refractivity contribution < 1.29 is 29.6 Å². The number of phenolic OH excluding ortho intramolecular Hbond substituents is 1. The van der Waals surface area contributed by atoms with Gasteiger partial charge in [-0.15, -0.1) is 0 Å². The summed E-state index contributed by atoms with van der Waals surface area (Å²) in [5.41, 5.74) is 3.39. The van der Waals surface area contributed by atoms with Gasteiger partial charge in [-0.2, -0.15) is 0 Å². The van der Waals surface area contributed by atoms with Crippen LogP contribution in [0.25, 0.3) is 11.1 Å². The van der Waals surface area contributed by atoms with E-state index < -0.39 is 12.1 Å². The van der Waals surface area contributed by atoms with E-state index in [0.717, 1.165) is 35.3 Å². The molecule has 7 heteroatoms. The maximum atomic E-state index is 11.0. The van der Waals surface area contributed by atoms with Crippen LogP contribution < -0.4 is 14.8 Å². The van der Waals surface area contributed by atoms with Crippen LogP contribution in [-0.2, 0) is 6.42 Å². The summed E-state index contributed by atoms with van der Waals surface area (Å²) in [4.78, 5) is 11.0. The first-order valence-electron chi connectivity index (χ1n) is 10.9. The van der Waals surface area contributed by atoms with E-state index in [1.807, 2.05) is 24.3 Å². The fraction of sp³-hybridized carbons (Fsp3) is 0.269. The van der Waals surface area contributed by atoms with E-state index in [4.69, 9.17) is 14.6 Å². The summed E-state index contributed by atoms with van der Waals surface area (Å²) in [5.74, 6) is 0.311. The van der Waals surface area contributed by atoms with Crippen LogP contribution in [0.1, 0.15) is 22.3 Å². The van der Waals surface area contributed by atoms with Crippen LogP contribution in [0.5, 0.6) is 17.2 Å². The number of nitrogens with one attached hydrogen (secondary N) is 1. The molecule has 0 saturated heterocycles. The average molecular weight is 450 g/mol. The molecule has 4 N–H and O–H groups in total. The van der Waals surface area contributed by atoms with E-state index in [1.54, 1.807) is 30.3 Å². The molecule has 3 aromatic rings. The monoisotopic (exact) mass is 449 g/mol. The number of carbonyl (C=O) groups is 1. The van der Waals surface area contributed by atoms with Gasteiger partial charge < -0.3 is 30.1 Å². The molecular formula is C26H27NO6. The number of benzene rings is 3. The number of phenols is 1. The zero-order valence-corrected chi connectivity index (χ0v) is 18.1. The third kappa shape index (κ3) is 5.83. The molecule has 0 aliphatic carbocycles. The van der Waals surface area contributed by atoms with E-state index in [0.29, 0.717) is 18.8 Å². The van der Waals surface area contributed by atoms with Crippen LogP contribution in [0.4, 0.5) is 0 Å². The lowest BCUT2D eigenvalue weighted by Crippen LogP contribution is -2.39. The minimum atomic E-state index is -0.935. The third-order valence-corrected chi connectivity index (χ3v) is 5.60. The lowest BCUT2D eigenvalue weighted by molar-refractivity contribution is 0.0697. The molecule has 0 spiro atoms. The molecule has 0 fully saturated rings. The second kappa shape index (κ2) is 10.4. The van der Waals surface area contributed by atoms with Crippen LogP contribution in [0.3, 0.4) is 0 Å². The van der Waals surface area contributed by atoms with Crippen molar-refractivity contribution in [1.29, 1.82) is 0 Å². The quantitative estimate of drug-likeness (QED) is 0.396. The highest BCUT2D eigenvalue weighted by atomic mass is 16.5. The summed E-state index contributed by atoms with van der Waals surface area (Å²) >= 11 is 0. The average Bonchev–Trinajstić information content (AvgIpc) is 2.83. The number of aliphatic hydroxyl groups is 1. The van der Waals surface area contributed by atoms with Crippen LogP contribution >= 0.6 is 0 Å². The first-order chi connectivity index (χ1) is 16.0. The highest BCUT2D eigenvalue weighted by Gasteiger charge is 2.20. The van der Waals surface area contributed by atoms with Gasteiger partial charge in [0.25, 0.3) is 0 Å². The summed E-state index contributed by atoms with van der Waals surface area (Å²) in [5, 5.41) is 32.1. The number of aliphatic hydroxyl groups excluding tert-OH is 1. The Bertz CT molecular complexity index is 1100. The van der Waals surface area contributed by atoms with Crippen LogP contribution in [0.15, 0.2) is 66.7 Å². The van der Waals surface area contributed by atoms with Crippen molar-refractivity contribution in [3.8, 4) is 28.4 Å². The second-order valence-corrected chi connectivity index (χ2v) is 8.07. The lowest BCUT2D eigenvalue weighted by atomic mass is 9.96. The number of aromatic carboxylic acids is 1. The van der Waals surface area contributed by atoms with Crippen molar-refractivity contribution in [2.24, 2.45) is 0 Å². The van der Waals surface area contributed by atoms with Crippen molar-refractivity contribution in [3.63, 3.8) is 0 Å². The van der Waals surface area contributed by atoms with E-state index in [1.165, 1.54) is 6.07 Å². The molecule has 1 aliphatic rings.